The Balaban J connectivity index is 2.06. The van der Waals surface area contributed by atoms with Gasteiger partial charge in [-0.2, -0.15) is 0 Å². The summed E-state index contributed by atoms with van der Waals surface area (Å²) in [6, 6.07) is 1.47. The smallest absolute Gasteiger partial charge is 0.239 e. The molecule has 0 saturated heterocycles. The molecule has 1 atom stereocenters. The molecule has 5 N–H and O–H groups in total. The van der Waals surface area contributed by atoms with Crippen LogP contribution in [0.2, 0.25) is 0 Å². The van der Waals surface area contributed by atoms with Crippen molar-refractivity contribution in [3.63, 3.8) is 0 Å². The molecule has 0 aromatic carbocycles. The third-order valence-electron chi connectivity index (χ3n) is 2.41. The van der Waals surface area contributed by atoms with Crippen LogP contribution in [-0.4, -0.2) is 31.3 Å². The van der Waals surface area contributed by atoms with Crippen LogP contribution in [0.15, 0.2) is 11.2 Å². The largest absolute Gasteiger partial charge is 0.383 e. The average molecular weight is 325 g/mol. The van der Waals surface area contributed by atoms with E-state index >= 15 is 0 Å². The van der Waals surface area contributed by atoms with Crippen LogP contribution in [-0.2, 0) is 4.79 Å². The molecule has 2 rings (SSSR count). The maximum atomic E-state index is 12.2. The number of amides is 1. The summed E-state index contributed by atoms with van der Waals surface area (Å²) in [6.45, 7) is 3.72. The molecule has 0 radical (unpaired) electrons. The fraction of sp³-hybridized carbons (Fsp3) is 0.364. The van der Waals surface area contributed by atoms with Crippen molar-refractivity contribution in [2.45, 2.75) is 30.7 Å². The lowest BCUT2D eigenvalue weighted by atomic mass is 10.3. The topological polar surface area (TPSA) is 133 Å². The first-order valence-electron chi connectivity index (χ1n) is 6.15. The first-order chi connectivity index (χ1) is 9.97. The van der Waals surface area contributed by atoms with E-state index in [0.29, 0.717) is 16.7 Å². The quantitative estimate of drug-likeness (QED) is 0.553. The summed E-state index contributed by atoms with van der Waals surface area (Å²) in [5, 5.41) is 11.7. The van der Waals surface area contributed by atoms with Crippen molar-refractivity contribution in [2.75, 3.05) is 16.8 Å². The fourth-order valence-corrected chi connectivity index (χ4v) is 3.00. The third kappa shape index (κ3) is 4.26. The molecule has 1 unspecified atom stereocenters. The zero-order valence-corrected chi connectivity index (χ0v) is 13.2. The van der Waals surface area contributed by atoms with Gasteiger partial charge in [-0.05, 0) is 13.3 Å². The second kappa shape index (κ2) is 6.68. The molecule has 2 aromatic heterocycles. The lowest BCUT2D eigenvalue weighted by Gasteiger charge is -2.12. The van der Waals surface area contributed by atoms with Crippen molar-refractivity contribution >= 4 is 45.8 Å². The van der Waals surface area contributed by atoms with Crippen molar-refractivity contribution < 1.29 is 4.79 Å². The minimum Gasteiger partial charge on any atom is -0.383 e. The molecule has 0 fully saturated rings. The highest BCUT2D eigenvalue weighted by Crippen LogP contribution is 2.25. The number of hydrogen-bond donors (Lipinski definition) is 3. The summed E-state index contributed by atoms with van der Waals surface area (Å²) in [5.41, 5.74) is 11.2. The molecule has 0 aliphatic rings. The SMILES string of the molecule is CCC(Sc1nc(N)cc(N)n1)C(=O)Nc1nnc(C)s1. The van der Waals surface area contributed by atoms with Crippen molar-refractivity contribution in [2.24, 2.45) is 0 Å². The Kier molecular flexibility index (Phi) is 4.91. The first kappa shape index (κ1) is 15.4. The highest BCUT2D eigenvalue weighted by atomic mass is 32.2. The first-order valence-corrected chi connectivity index (χ1v) is 7.85. The highest BCUT2D eigenvalue weighted by molar-refractivity contribution is 8.00. The lowest BCUT2D eigenvalue weighted by Crippen LogP contribution is -2.24. The molecule has 2 heterocycles. The van der Waals surface area contributed by atoms with Gasteiger partial charge in [-0.15, -0.1) is 10.2 Å². The van der Waals surface area contributed by atoms with Gasteiger partial charge in [-0.25, -0.2) is 9.97 Å². The second-order valence-electron chi connectivity index (χ2n) is 4.13. The maximum Gasteiger partial charge on any atom is 0.239 e. The molecule has 0 spiro atoms. The number of aryl methyl sites for hydroxylation is 1. The van der Waals surface area contributed by atoms with Crippen LogP contribution in [0.4, 0.5) is 16.8 Å². The Hall–Kier alpha value is -1.94. The zero-order valence-electron chi connectivity index (χ0n) is 11.5. The highest BCUT2D eigenvalue weighted by Gasteiger charge is 2.21. The average Bonchev–Trinajstić information content (AvgIpc) is 2.80. The number of nitrogens with zero attached hydrogens (tertiary/aromatic N) is 4. The Labute approximate surface area is 129 Å². The number of nitrogen functional groups attached to an aromatic ring is 2. The lowest BCUT2D eigenvalue weighted by molar-refractivity contribution is -0.115. The Morgan fingerprint density at radius 1 is 1.38 bits per heavy atom. The van der Waals surface area contributed by atoms with E-state index in [2.05, 4.69) is 25.5 Å². The van der Waals surface area contributed by atoms with E-state index in [1.54, 1.807) is 0 Å². The minimum absolute atomic E-state index is 0.178. The molecular weight excluding hydrogens is 310 g/mol. The number of thioether (sulfide) groups is 1. The third-order valence-corrected chi connectivity index (χ3v) is 4.39. The van der Waals surface area contributed by atoms with Gasteiger partial charge >= 0.3 is 0 Å². The van der Waals surface area contributed by atoms with Gasteiger partial charge < -0.3 is 11.5 Å². The normalized spacial score (nSPS) is 12.1. The molecule has 8 nitrogen and oxygen atoms in total. The summed E-state index contributed by atoms with van der Waals surface area (Å²) in [7, 11) is 0. The number of anilines is 3. The van der Waals surface area contributed by atoms with Crippen molar-refractivity contribution in [3.8, 4) is 0 Å². The van der Waals surface area contributed by atoms with Gasteiger partial charge in [0, 0.05) is 6.07 Å². The Morgan fingerprint density at radius 3 is 2.57 bits per heavy atom. The molecule has 0 bridgehead atoms. The predicted octanol–water partition coefficient (Wildman–Crippen LogP) is 1.31. The molecule has 0 saturated carbocycles. The van der Waals surface area contributed by atoms with E-state index < -0.39 is 0 Å². The van der Waals surface area contributed by atoms with Gasteiger partial charge in [0.15, 0.2) is 5.16 Å². The van der Waals surface area contributed by atoms with Gasteiger partial charge in [-0.1, -0.05) is 30.0 Å². The monoisotopic (exact) mass is 325 g/mol. The zero-order chi connectivity index (χ0) is 15.4. The van der Waals surface area contributed by atoms with Crippen molar-refractivity contribution in [1.29, 1.82) is 0 Å². The van der Waals surface area contributed by atoms with Crippen LogP contribution in [0, 0.1) is 6.92 Å². The van der Waals surface area contributed by atoms with E-state index in [-0.39, 0.29) is 22.8 Å². The van der Waals surface area contributed by atoms with Crippen molar-refractivity contribution in [3.05, 3.63) is 11.1 Å². The van der Waals surface area contributed by atoms with Crippen molar-refractivity contribution in [1.82, 2.24) is 20.2 Å². The van der Waals surface area contributed by atoms with Gasteiger partial charge in [-0.3, -0.25) is 10.1 Å². The number of rotatable bonds is 5. The number of nitrogens with one attached hydrogen (secondary N) is 1. The van der Waals surface area contributed by atoms with Gasteiger partial charge in [0.05, 0.1) is 5.25 Å². The number of hydrogen-bond acceptors (Lipinski definition) is 9. The van der Waals surface area contributed by atoms with Gasteiger partial charge in [0.25, 0.3) is 0 Å². The van der Waals surface area contributed by atoms with E-state index in [4.69, 9.17) is 11.5 Å². The van der Waals surface area contributed by atoms with Crippen LogP contribution in [0.25, 0.3) is 0 Å². The molecule has 0 aliphatic carbocycles. The van der Waals surface area contributed by atoms with E-state index in [0.717, 1.165) is 5.01 Å². The second-order valence-corrected chi connectivity index (χ2v) is 6.48. The van der Waals surface area contributed by atoms with Crippen LogP contribution in [0.5, 0.6) is 0 Å². The van der Waals surface area contributed by atoms with Crippen LogP contribution in [0.3, 0.4) is 0 Å². The summed E-state index contributed by atoms with van der Waals surface area (Å²) < 4.78 is 0. The van der Waals surface area contributed by atoms with Crippen LogP contribution in [0.1, 0.15) is 18.4 Å². The Bertz CT molecular complexity index is 625. The molecule has 10 heteroatoms. The molecule has 21 heavy (non-hydrogen) atoms. The molecular formula is C11H15N7OS2. The Morgan fingerprint density at radius 2 is 2.05 bits per heavy atom. The number of carbonyl (C=O) groups is 1. The summed E-state index contributed by atoms with van der Waals surface area (Å²) in [5.74, 6) is 0.378. The fourth-order valence-electron chi connectivity index (χ4n) is 1.50. The molecule has 112 valence electrons. The van der Waals surface area contributed by atoms with Crippen LogP contribution >= 0.6 is 23.1 Å². The maximum absolute atomic E-state index is 12.2. The summed E-state index contributed by atoms with van der Waals surface area (Å²) in [4.78, 5) is 20.3. The standard InChI is InChI=1S/C11H15N7OS2/c1-3-6(9(19)16-11-18-17-5(2)20-11)21-10-14-7(12)4-8(13)15-10/h4,6H,3H2,1-2H3,(H,16,18,19)(H4,12,13,14,15). The van der Waals surface area contributed by atoms with Gasteiger partial charge in [0.1, 0.15) is 16.6 Å². The molecule has 2 aromatic rings. The van der Waals surface area contributed by atoms with Gasteiger partial charge in [0.2, 0.25) is 11.0 Å². The van der Waals surface area contributed by atoms with E-state index in [9.17, 15) is 4.79 Å². The number of carbonyl (C=O) groups excluding carboxylic acids is 1. The molecule has 0 aliphatic heterocycles. The predicted molar refractivity (Wildman–Crippen MR) is 84.1 cm³/mol. The number of aromatic nitrogens is 4. The van der Waals surface area contributed by atoms with E-state index in [1.165, 1.54) is 29.2 Å². The molecule has 1 amide bonds. The van der Waals surface area contributed by atoms with E-state index in [1.807, 2.05) is 13.8 Å². The van der Waals surface area contributed by atoms with Crippen LogP contribution < -0.4 is 16.8 Å². The summed E-state index contributed by atoms with van der Waals surface area (Å²) >= 11 is 2.53. The minimum atomic E-state index is -0.365. The number of nitrogens with two attached hydrogens (primary N) is 2. The summed E-state index contributed by atoms with van der Waals surface area (Å²) in [6.07, 6.45) is 0.604.